The van der Waals surface area contributed by atoms with Crippen molar-refractivity contribution >= 4 is 23.4 Å². The molecule has 0 fully saturated rings. The molecule has 0 aliphatic rings. The molecule has 136 valence electrons. The third-order valence-electron chi connectivity index (χ3n) is 3.99. The first kappa shape index (κ1) is 17.8. The van der Waals surface area contributed by atoms with Crippen molar-refractivity contribution in [2.45, 2.75) is 24.4 Å². The maximum atomic E-state index is 6.04. The molecule has 3 aromatic heterocycles. The van der Waals surface area contributed by atoms with E-state index in [0.29, 0.717) is 10.8 Å². The van der Waals surface area contributed by atoms with E-state index < -0.39 is 0 Å². The number of hydrogen-bond donors (Lipinski definition) is 0. The first-order valence-corrected chi connectivity index (χ1v) is 9.79. The van der Waals surface area contributed by atoms with Crippen molar-refractivity contribution in [1.82, 2.24) is 24.9 Å². The highest BCUT2D eigenvalue weighted by molar-refractivity contribution is 7.98. The maximum absolute atomic E-state index is 6.04. The lowest BCUT2D eigenvalue weighted by Crippen LogP contribution is -1.99. The van der Waals surface area contributed by atoms with E-state index in [9.17, 15) is 0 Å². The van der Waals surface area contributed by atoms with Gasteiger partial charge in [0.2, 0.25) is 0 Å². The summed E-state index contributed by atoms with van der Waals surface area (Å²) < 4.78 is 7.54. The van der Waals surface area contributed by atoms with Gasteiger partial charge in [0.15, 0.2) is 11.0 Å². The molecule has 0 saturated heterocycles. The van der Waals surface area contributed by atoms with Crippen LogP contribution in [0.5, 0.6) is 0 Å². The first-order valence-electron chi connectivity index (χ1n) is 8.42. The molecular weight excluding hydrogens is 382 g/mol. The van der Waals surface area contributed by atoms with Gasteiger partial charge in [0, 0.05) is 41.2 Å². The molecule has 0 atom stereocenters. The molecule has 0 amide bonds. The molecule has 4 rings (SSSR count). The number of pyridine rings is 1. The Bertz CT molecular complexity index is 1050. The minimum atomic E-state index is 0.613. The van der Waals surface area contributed by atoms with Crippen LogP contribution in [0, 0.1) is 0 Å². The van der Waals surface area contributed by atoms with Crippen LogP contribution in [0.3, 0.4) is 0 Å². The van der Waals surface area contributed by atoms with Crippen molar-refractivity contribution in [2.24, 2.45) is 0 Å². The van der Waals surface area contributed by atoms with Gasteiger partial charge in [-0.05, 0) is 31.2 Å². The van der Waals surface area contributed by atoms with Gasteiger partial charge >= 0.3 is 0 Å². The first-order chi connectivity index (χ1) is 13.2. The quantitative estimate of drug-likeness (QED) is 0.428. The minimum absolute atomic E-state index is 0.613. The second-order valence-corrected chi connectivity index (χ2v) is 7.14. The molecule has 27 heavy (non-hydrogen) atoms. The summed E-state index contributed by atoms with van der Waals surface area (Å²) in [7, 11) is 0. The van der Waals surface area contributed by atoms with Gasteiger partial charge < -0.3 is 9.09 Å². The van der Waals surface area contributed by atoms with Crippen LogP contribution in [0.2, 0.25) is 5.02 Å². The summed E-state index contributed by atoms with van der Waals surface area (Å²) in [6.45, 7) is 2.85. The van der Waals surface area contributed by atoms with E-state index in [-0.39, 0.29) is 0 Å². The van der Waals surface area contributed by atoms with E-state index in [1.807, 2.05) is 42.5 Å². The number of thioether (sulfide) groups is 1. The number of hydrogen-bond acceptors (Lipinski definition) is 6. The highest BCUT2D eigenvalue weighted by atomic mass is 35.5. The third kappa shape index (κ3) is 3.89. The highest BCUT2D eigenvalue weighted by Crippen LogP contribution is 2.28. The Balaban J connectivity index is 1.51. The van der Waals surface area contributed by atoms with Crippen LogP contribution in [-0.4, -0.2) is 24.9 Å². The average Bonchev–Trinajstić information content (AvgIpc) is 3.34. The molecule has 0 bridgehead atoms. The molecule has 3 heterocycles. The Hall–Kier alpha value is -2.64. The van der Waals surface area contributed by atoms with Crippen LogP contribution in [0.1, 0.15) is 12.7 Å². The Morgan fingerprint density at radius 2 is 1.93 bits per heavy atom. The molecule has 0 aliphatic heterocycles. The monoisotopic (exact) mass is 397 g/mol. The van der Waals surface area contributed by atoms with Crippen molar-refractivity contribution < 1.29 is 4.52 Å². The molecule has 8 heteroatoms. The maximum Gasteiger partial charge on any atom is 0.191 e. The van der Waals surface area contributed by atoms with Crippen LogP contribution >= 0.6 is 23.4 Å². The number of halogens is 1. The Morgan fingerprint density at radius 1 is 1.07 bits per heavy atom. The van der Waals surface area contributed by atoms with Gasteiger partial charge in [-0.1, -0.05) is 40.7 Å². The zero-order valence-electron chi connectivity index (χ0n) is 14.5. The lowest BCUT2D eigenvalue weighted by atomic mass is 10.1. The topological polar surface area (TPSA) is 69.6 Å². The predicted octanol–water partition coefficient (Wildman–Crippen LogP) is 4.96. The summed E-state index contributed by atoms with van der Waals surface area (Å²) in [6, 6.07) is 13.3. The van der Waals surface area contributed by atoms with Crippen molar-refractivity contribution in [3.05, 3.63) is 65.6 Å². The smallest absolute Gasteiger partial charge is 0.191 e. The second kappa shape index (κ2) is 7.94. The number of rotatable bonds is 6. The van der Waals surface area contributed by atoms with E-state index >= 15 is 0 Å². The summed E-state index contributed by atoms with van der Waals surface area (Å²) in [6.07, 6.45) is 3.51. The molecule has 0 unspecified atom stereocenters. The van der Waals surface area contributed by atoms with Gasteiger partial charge in [-0.3, -0.25) is 4.98 Å². The summed E-state index contributed by atoms with van der Waals surface area (Å²) in [4.78, 5) is 4.05. The van der Waals surface area contributed by atoms with E-state index in [2.05, 4.69) is 31.8 Å². The van der Waals surface area contributed by atoms with Crippen molar-refractivity contribution in [3.63, 3.8) is 0 Å². The van der Waals surface area contributed by atoms with Gasteiger partial charge in [0.25, 0.3) is 0 Å². The molecule has 4 aromatic rings. The van der Waals surface area contributed by atoms with E-state index in [4.69, 9.17) is 16.1 Å². The lowest BCUT2D eigenvalue weighted by Gasteiger charge is -2.06. The fourth-order valence-corrected chi connectivity index (χ4v) is 3.76. The third-order valence-corrected chi connectivity index (χ3v) is 5.22. The van der Waals surface area contributed by atoms with E-state index in [0.717, 1.165) is 40.1 Å². The molecule has 0 spiro atoms. The number of aromatic nitrogens is 5. The Morgan fingerprint density at radius 3 is 2.70 bits per heavy atom. The molecule has 0 radical (unpaired) electrons. The van der Waals surface area contributed by atoms with Gasteiger partial charge in [-0.25, -0.2) is 0 Å². The Kier molecular flexibility index (Phi) is 5.22. The molecular formula is C19H16ClN5OS. The van der Waals surface area contributed by atoms with Crippen molar-refractivity contribution in [2.75, 3.05) is 0 Å². The van der Waals surface area contributed by atoms with Gasteiger partial charge in [-0.2, -0.15) is 0 Å². The summed E-state index contributed by atoms with van der Waals surface area (Å²) in [5.74, 6) is 2.22. The molecule has 1 aromatic carbocycles. The lowest BCUT2D eigenvalue weighted by molar-refractivity contribution is 0.397. The van der Waals surface area contributed by atoms with Crippen molar-refractivity contribution in [1.29, 1.82) is 0 Å². The van der Waals surface area contributed by atoms with Crippen LogP contribution < -0.4 is 0 Å². The SMILES string of the molecule is CCn1c(SCc2cc(-c3cccc(Cl)c3)no2)nnc1-c1ccncc1. The van der Waals surface area contributed by atoms with Gasteiger partial charge in [-0.15, -0.1) is 10.2 Å². The fourth-order valence-electron chi connectivity index (χ4n) is 2.70. The van der Waals surface area contributed by atoms with Crippen LogP contribution in [0.15, 0.2) is 64.5 Å². The summed E-state index contributed by atoms with van der Waals surface area (Å²) >= 11 is 7.61. The van der Waals surface area contributed by atoms with E-state index in [1.165, 1.54) is 0 Å². The van der Waals surface area contributed by atoms with E-state index in [1.54, 1.807) is 24.2 Å². The normalized spacial score (nSPS) is 11.0. The highest BCUT2D eigenvalue weighted by Gasteiger charge is 2.14. The molecule has 6 nitrogen and oxygen atoms in total. The largest absolute Gasteiger partial charge is 0.360 e. The molecule has 0 N–H and O–H groups in total. The fraction of sp³-hybridized carbons (Fsp3) is 0.158. The number of benzene rings is 1. The average molecular weight is 398 g/mol. The van der Waals surface area contributed by atoms with Crippen LogP contribution in [-0.2, 0) is 12.3 Å². The zero-order chi connectivity index (χ0) is 18.6. The molecule has 0 saturated carbocycles. The summed E-state index contributed by atoms with van der Waals surface area (Å²) in [5, 5.41) is 14.3. The second-order valence-electron chi connectivity index (χ2n) is 5.76. The Labute approximate surface area is 165 Å². The van der Waals surface area contributed by atoms with Gasteiger partial charge in [0.05, 0.1) is 5.75 Å². The van der Waals surface area contributed by atoms with Crippen LogP contribution in [0.25, 0.3) is 22.6 Å². The predicted molar refractivity (Wildman–Crippen MR) is 105 cm³/mol. The number of nitrogens with zero attached hydrogens (tertiary/aromatic N) is 5. The minimum Gasteiger partial charge on any atom is -0.360 e. The van der Waals surface area contributed by atoms with Crippen molar-refractivity contribution in [3.8, 4) is 22.6 Å². The standard InChI is InChI=1S/C19H16ClN5OS/c1-2-25-18(13-6-8-21-9-7-13)22-23-19(25)27-12-16-11-17(24-26-16)14-4-3-5-15(20)10-14/h3-11H,2,12H2,1H3. The van der Waals surface area contributed by atoms with Crippen LogP contribution in [0.4, 0.5) is 0 Å². The zero-order valence-corrected chi connectivity index (χ0v) is 16.1. The molecule has 0 aliphatic carbocycles. The van der Waals surface area contributed by atoms with Gasteiger partial charge in [0.1, 0.15) is 11.5 Å². The summed E-state index contributed by atoms with van der Waals surface area (Å²) in [5.41, 5.74) is 2.69.